The summed E-state index contributed by atoms with van der Waals surface area (Å²) in [5.41, 5.74) is 5.19. The zero-order valence-electron chi connectivity index (χ0n) is 19.5. The van der Waals surface area contributed by atoms with Gasteiger partial charge in [0.25, 0.3) is 5.91 Å². The van der Waals surface area contributed by atoms with Crippen molar-refractivity contribution in [3.63, 3.8) is 0 Å². The Balaban J connectivity index is 1.18. The summed E-state index contributed by atoms with van der Waals surface area (Å²) in [5.74, 6) is 0.798. The zero-order valence-corrected chi connectivity index (χ0v) is 19.5. The molecule has 7 nitrogen and oxygen atoms in total. The Hall–Kier alpha value is -2.90. The topological polar surface area (TPSA) is 59.3 Å². The first kappa shape index (κ1) is 21.9. The summed E-state index contributed by atoms with van der Waals surface area (Å²) in [6.45, 7) is 9.48. The molecule has 0 spiro atoms. The van der Waals surface area contributed by atoms with E-state index in [-0.39, 0.29) is 12.0 Å². The molecule has 2 saturated heterocycles. The number of hydrogen-bond donors (Lipinski definition) is 0. The molecular weight excluding hydrogens is 416 g/mol. The number of imidazole rings is 1. The van der Waals surface area contributed by atoms with E-state index in [0.29, 0.717) is 25.3 Å². The number of fused-ring (bicyclic) bond motifs is 1. The summed E-state index contributed by atoms with van der Waals surface area (Å²) in [6, 6.07) is 11.8. The number of rotatable bonds is 6. The Morgan fingerprint density at radius 3 is 2.79 bits per heavy atom. The van der Waals surface area contributed by atoms with E-state index in [1.54, 1.807) is 0 Å². The van der Waals surface area contributed by atoms with Gasteiger partial charge in [-0.25, -0.2) is 4.98 Å². The second-order valence-electron chi connectivity index (χ2n) is 9.12. The van der Waals surface area contributed by atoms with Gasteiger partial charge >= 0.3 is 0 Å². The highest BCUT2D eigenvalue weighted by Gasteiger charge is 2.24. The van der Waals surface area contributed by atoms with Gasteiger partial charge < -0.3 is 18.8 Å². The Kier molecular flexibility index (Phi) is 6.33. The van der Waals surface area contributed by atoms with Crippen LogP contribution in [0.1, 0.15) is 40.2 Å². The molecule has 4 heterocycles. The maximum atomic E-state index is 13.1. The number of pyridine rings is 1. The monoisotopic (exact) mass is 448 g/mol. The van der Waals surface area contributed by atoms with Crippen LogP contribution >= 0.6 is 0 Å². The molecule has 7 heteroatoms. The van der Waals surface area contributed by atoms with Gasteiger partial charge in [0.15, 0.2) is 0 Å². The predicted molar refractivity (Wildman–Crippen MR) is 127 cm³/mol. The van der Waals surface area contributed by atoms with Gasteiger partial charge in [0, 0.05) is 51.1 Å². The summed E-state index contributed by atoms with van der Waals surface area (Å²) in [7, 11) is 0. The van der Waals surface area contributed by atoms with E-state index in [1.807, 2.05) is 29.2 Å². The van der Waals surface area contributed by atoms with Gasteiger partial charge in [-0.05, 0) is 62.6 Å². The lowest BCUT2D eigenvalue weighted by atomic mass is 10.1. The van der Waals surface area contributed by atoms with Gasteiger partial charge in [-0.2, -0.15) is 0 Å². The molecule has 0 radical (unpaired) electrons. The number of benzene rings is 1. The molecular formula is C26H32N4O3. The van der Waals surface area contributed by atoms with Crippen LogP contribution in [0.25, 0.3) is 5.65 Å². The van der Waals surface area contributed by atoms with Gasteiger partial charge in [0.1, 0.15) is 18.0 Å². The third-order valence-corrected chi connectivity index (χ3v) is 6.65. The van der Waals surface area contributed by atoms with Gasteiger partial charge in [0.05, 0.1) is 17.5 Å². The molecule has 0 bridgehead atoms. The van der Waals surface area contributed by atoms with Crippen molar-refractivity contribution in [2.24, 2.45) is 0 Å². The zero-order chi connectivity index (χ0) is 22.8. The molecule has 2 aliphatic rings. The fourth-order valence-electron chi connectivity index (χ4n) is 4.69. The highest BCUT2D eigenvalue weighted by Crippen LogP contribution is 2.20. The van der Waals surface area contributed by atoms with Crippen molar-refractivity contribution in [1.82, 2.24) is 19.2 Å². The second-order valence-corrected chi connectivity index (χ2v) is 9.12. The van der Waals surface area contributed by atoms with Crippen LogP contribution < -0.4 is 4.74 Å². The van der Waals surface area contributed by atoms with E-state index < -0.39 is 0 Å². The fourth-order valence-corrected chi connectivity index (χ4v) is 4.69. The summed E-state index contributed by atoms with van der Waals surface area (Å²) >= 11 is 0. The van der Waals surface area contributed by atoms with Crippen LogP contribution in [0, 0.1) is 13.8 Å². The fraction of sp³-hybridized carbons (Fsp3) is 0.462. The van der Waals surface area contributed by atoms with E-state index >= 15 is 0 Å². The number of nitrogens with zero attached hydrogens (tertiary/aromatic N) is 4. The molecule has 2 aliphatic heterocycles. The molecule has 0 N–H and O–H groups in total. The second kappa shape index (κ2) is 9.53. The van der Waals surface area contributed by atoms with Crippen molar-refractivity contribution in [2.75, 3.05) is 39.4 Å². The molecule has 174 valence electrons. The van der Waals surface area contributed by atoms with E-state index in [4.69, 9.17) is 14.5 Å². The SMILES string of the molecule is Cc1ccn2c(CN3CCN(C(=O)c4cccc(OCC5CCCO5)c4)CC3)c(C)nc2c1. The first-order valence-corrected chi connectivity index (χ1v) is 11.9. The number of carbonyl (C=O) groups excluding carboxylic acids is 1. The first-order chi connectivity index (χ1) is 16.1. The molecule has 33 heavy (non-hydrogen) atoms. The van der Waals surface area contributed by atoms with Crippen molar-refractivity contribution < 1.29 is 14.3 Å². The van der Waals surface area contributed by atoms with E-state index in [0.717, 1.165) is 56.2 Å². The number of aryl methyl sites for hydroxylation is 2. The van der Waals surface area contributed by atoms with Crippen molar-refractivity contribution in [3.8, 4) is 5.75 Å². The van der Waals surface area contributed by atoms with Crippen LogP contribution in [0.4, 0.5) is 0 Å². The number of ether oxygens (including phenoxy) is 2. The smallest absolute Gasteiger partial charge is 0.254 e. The quantitative estimate of drug-likeness (QED) is 0.578. The summed E-state index contributed by atoms with van der Waals surface area (Å²) in [5, 5.41) is 0. The number of hydrogen-bond acceptors (Lipinski definition) is 5. The van der Waals surface area contributed by atoms with Crippen LogP contribution in [-0.2, 0) is 11.3 Å². The van der Waals surface area contributed by atoms with Crippen LogP contribution in [-0.4, -0.2) is 70.6 Å². The lowest BCUT2D eigenvalue weighted by Gasteiger charge is -2.34. The number of amides is 1. The molecule has 1 atom stereocenters. The Morgan fingerprint density at radius 1 is 1.15 bits per heavy atom. The average molecular weight is 449 g/mol. The minimum absolute atomic E-state index is 0.0682. The average Bonchev–Trinajstić information content (AvgIpc) is 3.45. The standard InChI is InChI=1S/C26H32N4O3/c1-19-8-9-30-24(20(2)27-25(30)15-19)17-28-10-12-29(13-11-28)26(31)21-5-3-6-22(16-21)33-18-23-7-4-14-32-23/h3,5-6,8-9,15-16,23H,4,7,10-14,17-18H2,1-2H3. The van der Waals surface area contributed by atoms with Crippen molar-refractivity contribution >= 4 is 11.6 Å². The van der Waals surface area contributed by atoms with Gasteiger partial charge in [-0.15, -0.1) is 0 Å². The normalized spacial score (nSPS) is 19.3. The largest absolute Gasteiger partial charge is 0.491 e. The van der Waals surface area contributed by atoms with Crippen LogP contribution in [0.3, 0.4) is 0 Å². The van der Waals surface area contributed by atoms with Gasteiger partial charge in [0.2, 0.25) is 0 Å². The molecule has 1 amide bonds. The minimum atomic E-state index is 0.0682. The maximum Gasteiger partial charge on any atom is 0.254 e. The molecule has 5 rings (SSSR count). The number of carbonyl (C=O) groups is 1. The third-order valence-electron chi connectivity index (χ3n) is 6.65. The molecule has 0 aliphatic carbocycles. The summed E-state index contributed by atoms with van der Waals surface area (Å²) in [4.78, 5) is 22.2. The highest BCUT2D eigenvalue weighted by atomic mass is 16.5. The Labute approximate surface area is 194 Å². The summed E-state index contributed by atoms with van der Waals surface area (Å²) in [6.07, 6.45) is 4.40. The van der Waals surface area contributed by atoms with E-state index in [9.17, 15) is 4.79 Å². The van der Waals surface area contributed by atoms with Gasteiger partial charge in [-0.3, -0.25) is 9.69 Å². The van der Waals surface area contributed by atoms with Crippen molar-refractivity contribution in [2.45, 2.75) is 39.3 Å². The third kappa shape index (κ3) is 4.89. The number of aromatic nitrogens is 2. The molecule has 3 aromatic rings. The lowest BCUT2D eigenvalue weighted by molar-refractivity contribution is 0.0623. The Bertz CT molecular complexity index is 1130. The Morgan fingerprint density at radius 2 is 2.00 bits per heavy atom. The highest BCUT2D eigenvalue weighted by molar-refractivity contribution is 5.94. The predicted octanol–water partition coefficient (Wildman–Crippen LogP) is 3.47. The van der Waals surface area contributed by atoms with Crippen LogP contribution in [0.2, 0.25) is 0 Å². The van der Waals surface area contributed by atoms with E-state index in [1.165, 1.54) is 11.3 Å². The van der Waals surface area contributed by atoms with Crippen LogP contribution in [0.5, 0.6) is 5.75 Å². The van der Waals surface area contributed by atoms with Crippen molar-refractivity contribution in [1.29, 1.82) is 0 Å². The van der Waals surface area contributed by atoms with Gasteiger partial charge in [-0.1, -0.05) is 6.07 Å². The maximum absolute atomic E-state index is 13.1. The van der Waals surface area contributed by atoms with E-state index in [2.05, 4.69) is 41.5 Å². The number of piperazine rings is 1. The molecule has 2 fully saturated rings. The van der Waals surface area contributed by atoms with Crippen LogP contribution in [0.15, 0.2) is 42.6 Å². The molecule has 0 saturated carbocycles. The molecule has 1 unspecified atom stereocenters. The minimum Gasteiger partial charge on any atom is -0.491 e. The molecule has 1 aromatic carbocycles. The summed E-state index contributed by atoms with van der Waals surface area (Å²) < 4.78 is 13.7. The first-order valence-electron chi connectivity index (χ1n) is 11.9. The molecule has 2 aromatic heterocycles. The lowest BCUT2D eigenvalue weighted by Crippen LogP contribution is -2.48. The van der Waals surface area contributed by atoms with Crippen molar-refractivity contribution in [3.05, 3.63) is 65.1 Å².